The van der Waals surface area contributed by atoms with E-state index in [1.54, 1.807) is 0 Å². The van der Waals surface area contributed by atoms with Crippen LogP contribution in [-0.2, 0) is 5.41 Å². The highest BCUT2D eigenvalue weighted by atomic mass is 16.3. The van der Waals surface area contributed by atoms with E-state index >= 15 is 0 Å². The second kappa shape index (κ2) is 11.6. The van der Waals surface area contributed by atoms with Crippen LogP contribution in [0, 0.1) is 5.92 Å². The Bertz CT molecular complexity index is 2770. The molecule has 4 heteroatoms. The molecule has 0 amide bonds. The van der Waals surface area contributed by atoms with Gasteiger partial charge in [0, 0.05) is 55.2 Å². The van der Waals surface area contributed by atoms with Crippen molar-refractivity contribution >= 4 is 49.8 Å². The fourth-order valence-corrected chi connectivity index (χ4v) is 8.43. The first kappa shape index (κ1) is 30.6. The normalized spacial score (nSPS) is 15.9. The average Bonchev–Trinajstić information content (AvgIpc) is 3.67. The van der Waals surface area contributed by atoms with Crippen molar-refractivity contribution in [1.82, 2.24) is 9.97 Å². The van der Waals surface area contributed by atoms with Gasteiger partial charge in [-0.25, -0.2) is 9.97 Å². The molecule has 8 aromatic rings. The average molecular weight is 672 g/mol. The summed E-state index contributed by atoms with van der Waals surface area (Å²) in [5.41, 5.74) is 15.3. The lowest BCUT2D eigenvalue weighted by atomic mass is 9.77. The van der Waals surface area contributed by atoms with Crippen LogP contribution in [0.2, 0.25) is 0 Å². The van der Waals surface area contributed by atoms with Crippen LogP contribution in [0.1, 0.15) is 43.9 Å². The molecule has 4 nitrogen and oxygen atoms in total. The van der Waals surface area contributed by atoms with Crippen LogP contribution in [0.15, 0.2) is 150 Å². The van der Waals surface area contributed by atoms with Gasteiger partial charge in [-0.15, -0.1) is 0 Å². The molecule has 0 saturated heterocycles. The van der Waals surface area contributed by atoms with Gasteiger partial charge in [-0.1, -0.05) is 118 Å². The molecule has 0 bridgehead atoms. The van der Waals surface area contributed by atoms with Gasteiger partial charge in [-0.05, 0) is 83.1 Å². The van der Waals surface area contributed by atoms with Crippen molar-refractivity contribution in [2.75, 3.05) is 5.32 Å². The monoisotopic (exact) mass is 671 g/mol. The molecule has 0 saturated carbocycles. The number of aromatic nitrogens is 2. The van der Waals surface area contributed by atoms with Crippen molar-refractivity contribution < 1.29 is 4.42 Å². The van der Waals surface area contributed by atoms with Crippen molar-refractivity contribution in [1.29, 1.82) is 0 Å². The van der Waals surface area contributed by atoms with E-state index in [0.29, 0.717) is 11.7 Å². The topological polar surface area (TPSA) is 51.0 Å². The molecular weight excluding hydrogens is 635 g/mol. The van der Waals surface area contributed by atoms with Crippen molar-refractivity contribution in [2.24, 2.45) is 5.92 Å². The highest BCUT2D eigenvalue weighted by Gasteiger charge is 2.41. The Hall–Kier alpha value is -6.26. The molecule has 0 aliphatic heterocycles. The molecule has 52 heavy (non-hydrogen) atoms. The minimum Gasteiger partial charge on any atom is -0.456 e. The first-order chi connectivity index (χ1) is 25.4. The third-order valence-corrected chi connectivity index (χ3v) is 11.0. The minimum atomic E-state index is -0.295. The summed E-state index contributed by atoms with van der Waals surface area (Å²) in [7, 11) is 0. The van der Waals surface area contributed by atoms with E-state index in [9.17, 15) is 0 Å². The first-order valence-electron chi connectivity index (χ1n) is 18.1. The Balaban J connectivity index is 1.07. The minimum absolute atomic E-state index is 0.295. The van der Waals surface area contributed by atoms with Crippen molar-refractivity contribution in [3.8, 4) is 33.8 Å². The number of para-hydroxylation sites is 2. The maximum atomic E-state index is 6.64. The molecule has 6 aromatic carbocycles. The molecule has 0 fully saturated rings. The highest BCUT2D eigenvalue weighted by molar-refractivity contribution is 6.10. The molecule has 2 heterocycles. The largest absolute Gasteiger partial charge is 0.456 e. The summed E-state index contributed by atoms with van der Waals surface area (Å²) >= 11 is 0. The maximum Gasteiger partial charge on any atom is 0.160 e. The molecular formula is C48H37N3O. The van der Waals surface area contributed by atoms with E-state index in [1.165, 1.54) is 38.8 Å². The smallest absolute Gasteiger partial charge is 0.160 e. The third-order valence-electron chi connectivity index (χ3n) is 11.0. The van der Waals surface area contributed by atoms with Gasteiger partial charge in [-0.3, -0.25) is 0 Å². The number of fused-ring (bicyclic) bond motifs is 8. The zero-order valence-electron chi connectivity index (χ0n) is 29.4. The first-order valence-corrected chi connectivity index (χ1v) is 18.1. The van der Waals surface area contributed by atoms with Gasteiger partial charge in [0.05, 0.1) is 11.2 Å². The van der Waals surface area contributed by atoms with Crippen LogP contribution in [0.5, 0.6) is 0 Å². The molecule has 2 aliphatic rings. The van der Waals surface area contributed by atoms with Crippen LogP contribution >= 0.6 is 0 Å². The number of nitrogens with zero attached hydrogens (tertiary/aromatic N) is 2. The van der Waals surface area contributed by atoms with E-state index in [2.05, 4.69) is 147 Å². The van der Waals surface area contributed by atoms with E-state index in [-0.39, 0.29) is 5.41 Å². The summed E-state index contributed by atoms with van der Waals surface area (Å²) in [6, 6.07) is 44.6. The number of benzene rings is 6. The molecule has 1 unspecified atom stereocenters. The Morgan fingerprint density at radius 1 is 0.673 bits per heavy atom. The van der Waals surface area contributed by atoms with E-state index in [0.717, 1.165) is 62.1 Å². The Morgan fingerprint density at radius 2 is 1.40 bits per heavy atom. The Kier molecular flexibility index (Phi) is 6.84. The molecule has 2 aliphatic carbocycles. The molecule has 250 valence electrons. The van der Waals surface area contributed by atoms with Crippen LogP contribution in [0.4, 0.5) is 11.4 Å². The predicted molar refractivity (Wildman–Crippen MR) is 216 cm³/mol. The summed E-state index contributed by atoms with van der Waals surface area (Å²) < 4.78 is 6.64. The zero-order chi connectivity index (χ0) is 35.0. The summed E-state index contributed by atoms with van der Waals surface area (Å²) in [5.74, 6) is 1.23. The molecule has 2 aromatic heterocycles. The lowest BCUT2D eigenvalue weighted by Crippen LogP contribution is -2.18. The van der Waals surface area contributed by atoms with Gasteiger partial charge >= 0.3 is 0 Å². The van der Waals surface area contributed by atoms with Gasteiger partial charge in [0.2, 0.25) is 0 Å². The summed E-state index contributed by atoms with van der Waals surface area (Å²) in [5, 5.41) is 7.22. The van der Waals surface area contributed by atoms with Crippen molar-refractivity contribution in [3.63, 3.8) is 0 Å². The summed E-state index contributed by atoms with van der Waals surface area (Å²) in [6.07, 6.45) is 8.08. The Morgan fingerprint density at radius 3 is 2.21 bits per heavy atom. The molecule has 0 spiro atoms. The highest BCUT2D eigenvalue weighted by Crippen LogP contribution is 2.56. The molecule has 1 N–H and O–H groups in total. The zero-order valence-corrected chi connectivity index (χ0v) is 29.4. The third kappa shape index (κ3) is 4.75. The summed E-state index contributed by atoms with van der Waals surface area (Å²) in [4.78, 5) is 10.1. The van der Waals surface area contributed by atoms with Crippen molar-refractivity contribution in [2.45, 2.75) is 32.6 Å². The molecule has 10 rings (SSSR count). The second-order valence-corrected chi connectivity index (χ2v) is 14.7. The van der Waals surface area contributed by atoms with Crippen LogP contribution in [0.3, 0.4) is 0 Å². The molecule has 0 radical (unpaired) electrons. The van der Waals surface area contributed by atoms with Gasteiger partial charge < -0.3 is 9.73 Å². The second-order valence-electron chi connectivity index (χ2n) is 14.7. The lowest BCUT2D eigenvalue weighted by Gasteiger charge is -2.28. The quantitative estimate of drug-likeness (QED) is 0.198. The fourth-order valence-electron chi connectivity index (χ4n) is 8.43. The number of hydrogen-bond donors (Lipinski definition) is 1. The van der Waals surface area contributed by atoms with Gasteiger partial charge in [0.15, 0.2) is 5.82 Å². The molecule has 1 atom stereocenters. The Labute approximate surface area is 303 Å². The van der Waals surface area contributed by atoms with Crippen LogP contribution in [0.25, 0.3) is 72.2 Å². The van der Waals surface area contributed by atoms with E-state index < -0.39 is 0 Å². The van der Waals surface area contributed by atoms with Crippen molar-refractivity contribution in [3.05, 3.63) is 162 Å². The maximum absolute atomic E-state index is 6.64. The standard InChI is InChI=1S/C48H37N3O/c1-29-17-19-30(20-18-29)42-40(28-27-35-36-25-26-37-34-13-8-10-16-41(34)52-46(37)44(36)48(2,3)43(35)42)49-33-23-21-32(22-24-33)47-50-39-15-9-7-14-38(39)45(51-47)31-11-5-4-6-12-31/h4-17,19-29,49H,18H2,1-3H3. The van der Waals surface area contributed by atoms with Crippen LogP contribution < -0.4 is 5.32 Å². The van der Waals surface area contributed by atoms with E-state index in [4.69, 9.17) is 14.4 Å². The van der Waals surface area contributed by atoms with Crippen LogP contribution in [-0.4, -0.2) is 9.97 Å². The van der Waals surface area contributed by atoms with Gasteiger partial charge in [0.1, 0.15) is 11.2 Å². The SMILES string of the molecule is CC1C=CC(c2c(Nc3ccc(-c4nc(-c5ccccc5)c5ccccc5n4)cc3)ccc3c2C(C)(C)c2c-3ccc3c2oc2ccccc23)=CC1. The van der Waals surface area contributed by atoms with E-state index in [1.807, 2.05) is 24.3 Å². The summed E-state index contributed by atoms with van der Waals surface area (Å²) in [6.45, 7) is 6.99. The number of anilines is 2. The number of furan rings is 1. The predicted octanol–water partition coefficient (Wildman–Crippen LogP) is 12.9. The number of rotatable bonds is 5. The number of hydrogen-bond acceptors (Lipinski definition) is 4. The van der Waals surface area contributed by atoms with Gasteiger partial charge in [-0.2, -0.15) is 0 Å². The lowest BCUT2D eigenvalue weighted by molar-refractivity contribution is 0.619. The fraction of sp³-hybridized carbons (Fsp3) is 0.125. The number of nitrogens with one attached hydrogen (secondary N) is 1. The van der Waals surface area contributed by atoms with Gasteiger partial charge in [0.25, 0.3) is 0 Å². The number of allylic oxidation sites excluding steroid dienone is 4.